The van der Waals surface area contributed by atoms with Crippen LogP contribution in [0.15, 0.2) is 35.3 Å². The number of amides is 1. The Labute approximate surface area is 151 Å². The molecule has 0 aliphatic rings. The maximum Gasteiger partial charge on any atom is 0.261 e. The molecule has 3 heterocycles. The Balaban J connectivity index is 1.97. The first-order valence-electron chi connectivity index (χ1n) is 8.68. The topological polar surface area (TPSA) is 92.2 Å². The predicted octanol–water partition coefficient (Wildman–Crippen LogP) is 2.55. The molecule has 3 aromatic rings. The summed E-state index contributed by atoms with van der Waals surface area (Å²) < 4.78 is 1.86. The van der Waals surface area contributed by atoms with Crippen molar-refractivity contribution in [2.24, 2.45) is 5.92 Å². The number of aryl methyl sites for hydroxylation is 2. The van der Waals surface area contributed by atoms with Gasteiger partial charge in [-0.25, -0.2) is 0 Å². The van der Waals surface area contributed by atoms with Gasteiger partial charge in [0.25, 0.3) is 11.5 Å². The van der Waals surface area contributed by atoms with Gasteiger partial charge in [0.1, 0.15) is 5.56 Å². The van der Waals surface area contributed by atoms with E-state index in [4.69, 9.17) is 0 Å². The van der Waals surface area contributed by atoms with Crippen LogP contribution in [0.3, 0.4) is 0 Å². The lowest BCUT2D eigenvalue weighted by atomic mass is 10.0. The van der Waals surface area contributed by atoms with Gasteiger partial charge < -0.3 is 10.3 Å². The Hall–Kier alpha value is -2.96. The molecular formula is C19H23N5O2. The Morgan fingerprint density at radius 3 is 2.73 bits per heavy atom. The predicted molar refractivity (Wildman–Crippen MR) is 99.2 cm³/mol. The summed E-state index contributed by atoms with van der Waals surface area (Å²) in [5, 5.41) is 11.4. The number of nitrogens with zero attached hydrogens (tertiary/aromatic N) is 3. The first kappa shape index (κ1) is 17.8. The number of rotatable bonds is 5. The van der Waals surface area contributed by atoms with Crippen molar-refractivity contribution in [2.45, 2.75) is 40.2 Å². The van der Waals surface area contributed by atoms with Crippen molar-refractivity contribution in [3.8, 4) is 0 Å². The summed E-state index contributed by atoms with van der Waals surface area (Å²) in [5.41, 5.74) is 1.85. The molecule has 3 aromatic heterocycles. The highest BCUT2D eigenvalue weighted by Crippen LogP contribution is 2.21. The molecule has 0 bridgehead atoms. The van der Waals surface area contributed by atoms with Gasteiger partial charge in [-0.05, 0) is 49.9 Å². The third kappa shape index (κ3) is 3.51. The van der Waals surface area contributed by atoms with Crippen molar-refractivity contribution in [1.82, 2.24) is 24.9 Å². The van der Waals surface area contributed by atoms with Gasteiger partial charge in [0.05, 0.1) is 6.04 Å². The largest absolute Gasteiger partial charge is 0.342 e. The minimum Gasteiger partial charge on any atom is -0.342 e. The SMILES string of the molecule is Cc1cc(C)c(C(=O)N[C@@H](CC(C)C)c2nnc3ccccn23)c(=O)[nH]1. The normalized spacial score (nSPS) is 12.5. The first-order chi connectivity index (χ1) is 12.4. The minimum atomic E-state index is -0.401. The lowest BCUT2D eigenvalue weighted by Crippen LogP contribution is -2.35. The van der Waals surface area contributed by atoms with E-state index in [1.807, 2.05) is 28.8 Å². The van der Waals surface area contributed by atoms with Gasteiger partial charge in [-0.3, -0.25) is 14.0 Å². The van der Waals surface area contributed by atoms with E-state index >= 15 is 0 Å². The van der Waals surface area contributed by atoms with Crippen LogP contribution in [0.5, 0.6) is 0 Å². The second-order valence-electron chi connectivity index (χ2n) is 6.98. The molecule has 0 spiro atoms. The van der Waals surface area contributed by atoms with Crippen molar-refractivity contribution >= 4 is 11.6 Å². The second kappa shape index (κ2) is 7.11. The van der Waals surface area contributed by atoms with Gasteiger partial charge in [-0.1, -0.05) is 19.9 Å². The fourth-order valence-electron chi connectivity index (χ4n) is 3.16. The molecule has 1 amide bonds. The highest BCUT2D eigenvalue weighted by molar-refractivity contribution is 5.95. The Morgan fingerprint density at radius 2 is 2.04 bits per heavy atom. The number of aromatic nitrogens is 4. The summed E-state index contributed by atoms with van der Waals surface area (Å²) in [6.45, 7) is 7.71. The molecule has 1 atom stereocenters. The lowest BCUT2D eigenvalue weighted by Gasteiger charge is -2.19. The van der Waals surface area contributed by atoms with Crippen LogP contribution >= 0.6 is 0 Å². The van der Waals surface area contributed by atoms with E-state index in [0.29, 0.717) is 23.7 Å². The molecule has 0 fully saturated rings. The summed E-state index contributed by atoms with van der Waals surface area (Å²) in [7, 11) is 0. The number of carbonyl (C=O) groups is 1. The summed E-state index contributed by atoms with van der Waals surface area (Å²) in [5.74, 6) is 0.583. The first-order valence-corrected chi connectivity index (χ1v) is 8.68. The summed E-state index contributed by atoms with van der Waals surface area (Å²) in [6, 6.07) is 7.09. The van der Waals surface area contributed by atoms with E-state index in [0.717, 1.165) is 11.3 Å². The van der Waals surface area contributed by atoms with E-state index < -0.39 is 5.91 Å². The van der Waals surface area contributed by atoms with Gasteiger partial charge in [-0.15, -0.1) is 10.2 Å². The molecule has 0 radical (unpaired) electrons. The molecule has 136 valence electrons. The van der Waals surface area contributed by atoms with Crippen molar-refractivity contribution in [3.05, 3.63) is 63.5 Å². The summed E-state index contributed by atoms with van der Waals surface area (Å²) >= 11 is 0. The number of nitrogens with one attached hydrogen (secondary N) is 2. The molecule has 0 aliphatic heterocycles. The molecule has 0 saturated carbocycles. The van der Waals surface area contributed by atoms with Crippen molar-refractivity contribution in [3.63, 3.8) is 0 Å². The third-order valence-corrected chi connectivity index (χ3v) is 4.26. The van der Waals surface area contributed by atoms with Crippen LogP contribution in [-0.2, 0) is 0 Å². The highest BCUT2D eigenvalue weighted by Gasteiger charge is 2.24. The fourth-order valence-corrected chi connectivity index (χ4v) is 3.16. The number of hydrogen-bond acceptors (Lipinski definition) is 4. The molecule has 7 nitrogen and oxygen atoms in total. The average molecular weight is 353 g/mol. The van der Waals surface area contributed by atoms with Crippen molar-refractivity contribution < 1.29 is 4.79 Å². The molecule has 0 unspecified atom stereocenters. The Morgan fingerprint density at radius 1 is 1.27 bits per heavy atom. The van der Waals surface area contributed by atoms with Crippen LogP contribution in [0.25, 0.3) is 5.65 Å². The monoisotopic (exact) mass is 353 g/mol. The van der Waals surface area contributed by atoms with Gasteiger partial charge in [-0.2, -0.15) is 0 Å². The maximum absolute atomic E-state index is 12.8. The molecule has 7 heteroatoms. The summed E-state index contributed by atoms with van der Waals surface area (Å²) in [4.78, 5) is 27.8. The molecule has 0 aromatic carbocycles. The molecular weight excluding hydrogens is 330 g/mol. The maximum atomic E-state index is 12.8. The second-order valence-corrected chi connectivity index (χ2v) is 6.98. The number of carbonyl (C=O) groups excluding carboxylic acids is 1. The molecule has 3 rings (SSSR count). The van der Waals surface area contributed by atoms with Gasteiger partial charge in [0, 0.05) is 11.9 Å². The fraction of sp³-hybridized carbons (Fsp3) is 0.368. The molecule has 26 heavy (non-hydrogen) atoms. The Kier molecular flexibility index (Phi) is 4.88. The minimum absolute atomic E-state index is 0.137. The molecule has 2 N–H and O–H groups in total. The van der Waals surface area contributed by atoms with Crippen LogP contribution in [0.1, 0.15) is 53.7 Å². The highest BCUT2D eigenvalue weighted by atomic mass is 16.2. The zero-order valence-electron chi connectivity index (χ0n) is 15.4. The van der Waals surface area contributed by atoms with Gasteiger partial charge in [0.15, 0.2) is 11.5 Å². The van der Waals surface area contributed by atoms with Crippen molar-refractivity contribution in [1.29, 1.82) is 0 Å². The van der Waals surface area contributed by atoms with Gasteiger partial charge >= 0.3 is 0 Å². The van der Waals surface area contributed by atoms with Crippen LogP contribution < -0.4 is 10.9 Å². The third-order valence-electron chi connectivity index (χ3n) is 4.26. The standard InChI is InChI=1S/C19H23N5O2/c1-11(2)9-14(17-23-22-15-7-5-6-8-24(15)17)21-19(26)16-12(3)10-13(4)20-18(16)25/h5-8,10-11,14H,9H2,1-4H3,(H,20,25)(H,21,26)/t14-/m0/s1. The van der Waals surface area contributed by atoms with Crippen molar-refractivity contribution in [2.75, 3.05) is 0 Å². The number of fused-ring (bicyclic) bond motifs is 1. The number of hydrogen-bond donors (Lipinski definition) is 2. The van der Waals surface area contributed by atoms with Crippen LogP contribution in [0.2, 0.25) is 0 Å². The number of aromatic amines is 1. The molecule has 0 aliphatic carbocycles. The molecule has 0 saturated heterocycles. The quantitative estimate of drug-likeness (QED) is 0.737. The van der Waals surface area contributed by atoms with E-state index in [1.165, 1.54) is 0 Å². The average Bonchev–Trinajstić information content (AvgIpc) is 2.96. The lowest BCUT2D eigenvalue weighted by molar-refractivity contribution is 0.0927. The smallest absolute Gasteiger partial charge is 0.261 e. The van der Waals surface area contributed by atoms with Gasteiger partial charge in [0.2, 0.25) is 0 Å². The van der Waals surface area contributed by atoms with Crippen LogP contribution in [-0.4, -0.2) is 25.5 Å². The van der Waals surface area contributed by atoms with E-state index in [-0.39, 0.29) is 17.2 Å². The Bertz CT molecular complexity index is 1000. The van der Waals surface area contributed by atoms with E-state index in [2.05, 4.69) is 34.3 Å². The van der Waals surface area contributed by atoms with E-state index in [1.54, 1.807) is 19.9 Å². The zero-order valence-corrected chi connectivity index (χ0v) is 15.4. The summed E-state index contributed by atoms with van der Waals surface area (Å²) in [6.07, 6.45) is 2.55. The number of H-pyrrole nitrogens is 1. The van der Waals surface area contributed by atoms with Crippen LogP contribution in [0.4, 0.5) is 0 Å². The van der Waals surface area contributed by atoms with Crippen LogP contribution in [0, 0.1) is 19.8 Å². The van der Waals surface area contributed by atoms with E-state index in [9.17, 15) is 9.59 Å². The number of pyridine rings is 2. The zero-order chi connectivity index (χ0) is 18.8.